The first-order valence-electron chi connectivity index (χ1n) is 11.0. The number of anilines is 1. The molecule has 0 bridgehead atoms. The number of carbonyl (C=O) groups excluding carboxylic acids is 1. The lowest BCUT2D eigenvalue weighted by atomic mass is 9.76. The van der Waals surface area contributed by atoms with Crippen LogP contribution in [0.1, 0.15) is 44.6 Å². The van der Waals surface area contributed by atoms with Gasteiger partial charge in [-0.1, -0.05) is 36.9 Å². The summed E-state index contributed by atoms with van der Waals surface area (Å²) in [5.41, 5.74) is 7.75. The summed E-state index contributed by atoms with van der Waals surface area (Å²) < 4.78 is 1.73. The van der Waals surface area contributed by atoms with Crippen molar-refractivity contribution in [3.8, 4) is 11.1 Å². The van der Waals surface area contributed by atoms with Crippen LogP contribution in [0.4, 0.5) is 10.6 Å². The number of urea groups is 1. The summed E-state index contributed by atoms with van der Waals surface area (Å²) in [5, 5.41) is 7.34. The van der Waals surface area contributed by atoms with E-state index in [0.717, 1.165) is 48.6 Å². The number of hydrogen-bond donors (Lipinski definition) is 3. The maximum Gasteiger partial charge on any atom is 0.312 e. The van der Waals surface area contributed by atoms with Gasteiger partial charge in [-0.25, -0.2) is 9.78 Å². The fourth-order valence-electron chi connectivity index (χ4n) is 4.82. The fraction of sp³-hybridized carbons (Fsp3) is 0.375. The van der Waals surface area contributed by atoms with Gasteiger partial charge in [0.2, 0.25) is 0 Å². The molecule has 1 aliphatic carbocycles. The topological polar surface area (TPSA) is 102 Å². The molecule has 1 saturated carbocycles. The normalized spacial score (nSPS) is 15.5. The average Bonchev–Trinajstić information content (AvgIpc) is 2.79. The van der Waals surface area contributed by atoms with Crippen molar-refractivity contribution in [3.05, 3.63) is 57.5 Å². The first-order valence-corrected chi connectivity index (χ1v) is 11.4. The SMILES string of the molecule is CCn1c(=O)c(-c2cc(C3(NC(N)=O)CCCCC3)ccc2Cl)cc2cnc(NC)cc21. The van der Waals surface area contributed by atoms with Gasteiger partial charge in [-0.2, -0.15) is 0 Å². The zero-order valence-electron chi connectivity index (χ0n) is 18.4. The number of benzene rings is 1. The molecule has 8 heteroatoms. The number of nitrogens with zero attached hydrogens (tertiary/aromatic N) is 2. The summed E-state index contributed by atoms with van der Waals surface area (Å²) in [4.78, 5) is 29.7. The second-order valence-electron chi connectivity index (χ2n) is 8.31. The van der Waals surface area contributed by atoms with Crippen LogP contribution in [0.5, 0.6) is 0 Å². The lowest BCUT2D eigenvalue weighted by Gasteiger charge is -2.38. The summed E-state index contributed by atoms with van der Waals surface area (Å²) in [7, 11) is 1.80. The molecule has 168 valence electrons. The molecule has 4 N–H and O–H groups in total. The molecule has 1 fully saturated rings. The summed E-state index contributed by atoms with van der Waals surface area (Å²) in [6, 6.07) is 8.82. The molecule has 7 nitrogen and oxygen atoms in total. The van der Waals surface area contributed by atoms with Crippen LogP contribution in [0, 0.1) is 0 Å². The van der Waals surface area contributed by atoms with Gasteiger partial charge in [0, 0.05) is 47.4 Å². The van der Waals surface area contributed by atoms with Crippen LogP contribution in [-0.2, 0) is 12.1 Å². The minimum Gasteiger partial charge on any atom is -0.373 e. The predicted molar refractivity (Wildman–Crippen MR) is 129 cm³/mol. The van der Waals surface area contributed by atoms with Crippen LogP contribution in [0.3, 0.4) is 0 Å². The zero-order chi connectivity index (χ0) is 22.9. The van der Waals surface area contributed by atoms with E-state index in [-0.39, 0.29) is 5.56 Å². The molecule has 0 unspecified atom stereocenters. The number of primary amides is 1. The van der Waals surface area contributed by atoms with Gasteiger partial charge < -0.3 is 20.9 Å². The van der Waals surface area contributed by atoms with Gasteiger partial charge in [-0.05, 0) is 43.5 Å². The lowest BCUT2D eigenvalue weighted by Crippen LogP contribution is -2.49. The Hall–Kier alpha value is -3.06. The van der Waals surface area contributed by atoms with Crippen molar-refractivity contribution in [2.75, 3.05) is 12.4 Å². The number of halogens is 1. The maximum absolute atomic E-state index is 13.5. The Labute approximate surface area is 192 Å². The van der Waals surface area contributed by atoms with E-state index in [1.807, 2.05) is 31.2 Å². The number of aromatic nitrogens is 2. The van der Waals surface area contributed by atoms with Gasteiger partial charge in [0.1, 0.15) is 5.82 Å². The van der Waals surface area contributed by atoms with Crippen molar-refractivity contribution in [2.24, 2.45) is 5.73 Å². The molecule has 0 saturated heterocycles. The highest BCUT2D eigenvalue weighted by Gasteiger charge is 2.35. The average molecular weight is 454 g/mol. The third-order valence-corrected chi connectivity index (χ3v) is 6.76. The molecule has 3 aromatic rings. The second kappa shape index (κ2) is 8.82. The highest BCUT2D eigenvalue weighted by Crippen LogP contribution is 2.40. The first-order chi connectivity index (χ1) is 15.4. The van der Waals surface area contributed by atoms with Gasteiger partial charge >= 0.3 is 6.03 Å². The summed E-state index contributed by atoms with van der Waals surface area (Å²) in [6.45, 7) is 2.46. The van der Waals surface area contributed by atoms with E-state index in [4.69, 9.17) is 17.3 Å². The van der Waals surface area contributed by atoms with Crippen molar-refractivity contribution in [1.82, 2.24) is 14.9 Å². The monoisotopic (exact) mass is 453 g/mol. The largest absolute Gasteiger partial charge is 0.373 e. The lowest BCUT2D eigenvalue weighted by molar-refractivity contribution is 0.210. The molecule has 2 heterocycles. The number of aryl methyl sites for hydroxylation is 1. The summed E-state index contributed by atoms with van der Waals surface area (Å²) >= 11 is 6.60. The van der Waals surface area contributed by atoms with E-state index >= 15 is 0 Å². The summed E-state index contributed by atoms with van der Waals surface area (Å²) in [5.74, 6) is 0.698. The Kier molecular flexibility index (Phi) is 6.11. The van der Waals surface area contributed by atoms with Gasteiger partial charge in [-0.15, -0.1) is 0 Å². The van der Waals surface area contributed by atoms with E-state index in [9.17, 15) is 9.59 Å². The van der Waals surface area contributed by atoms with E-state index in [2.05, 4.69) is 15.6 Å². The fourth-order valence-corrected chi connectivity index (χ4v) is 5.04. The van der Waals surface area contributed by atoms with Crippen LogP contribution in [0.15, 0.2) is 41.3 Å². The molecular formula is C24H28ClN5O2. The van der Waals surface area contributed by atoms with Gasteiger partial charge in [0.05, 0.1) is 11.1 Å². The van der Waals surface area contributed by atoms with Crippen LogP contribution in [-0.4, -0.2) is 22.6 Å². The number of pyridine rings is 2. The minimum absolute atomic E-state index is 0.118. The number of amides is 2. The van der Waals surface area contributed by atoms with E-state index in [0.29, 0.717) is 28.5 Å². The molecule has 4 rings (SSSR count). The van der Waals surface area contributed by atoms with E-state index in [1.54, 1.807) is 23.9 Å². The Balaban J connectivity index is 1.91. The van der Waals surface area contributed by atoms with Crippen LogP contribution in [0.2, 0.25) is 5.02 Å². The maximum atomic E-state index is 13.5. The van der Waals surface area contributed by atoms with Crippen molar-refractivity contribution in [1.29, 1.82) is 0 Å². The number of nitrogens with two attached hydrogens (primary N) is 1. The highest BCUT2D eigenvalue weighted by atomic mass is 35.5. The quantitative estimate of drug-likeness (QED) is 0.525. The highest BCUT2D eigenvalue weighted by molar-refractivity contribution is 6.33. The van der Waals surface area contributed by atoms with Crippen molar-refractivity contribution >= 4 is 34.4 Å². The second-order valence-corrected chi connectivity index (χ2v) is 8.72. The first kappa shape index (κ1) is 22.1. The standard InChI is InChI=1S/C24H28ClN5O2/c1-3-30-20-13-21(27-2)28-14-15(20)11-18(22(30)31)17-12-16(7-8-19(17)25)24(29-23(26)32)9-5-4-6-10-24/h7-8,11-14H,3-6,9-10H2,1-2H3,(H,27,28)(H3,26,29,32). The van der Waals surface area contributed by atoms with E-state index < -0.39 is 11.6 Å². The molecule has 0 atom stereocenters. The van der Waals surface area contributed by atoms with Crippen LogP contribution >= 0.6 is 11.6 Å². The van der Waals surface area contributed by atoms with Crippen molar-refractivity contribution in [2.45, 2.75) is 51.1 Å². The molecule has 0 aliphatic heterocycles. The molecular weight excluding hydrogens is 426 g/mol. The number of fused-ring (bicyclic) bond motifs is 1. The number of rotatable bonds is 5. The van der Waals surface area contributed by atoms with Crippen LogP contribution < -0.4 is 21.9 Å². The van der Waals surface area contributed by atoms with Crippen molar-refractivity contribution < 1.29 is 4.79 Å². The Bertz CT molecular complexity index is 1230. The van der Waals surface area contributed by atoms with Gasteiger partial charge in [0.25, 0.3) is 5.56 Å². The number of hydrogen-bond acceptors (Lipinski definition) is 4. The number of carbonyl (C=O) groups is 1. The van der Waals surface area contributed by atoms with Crippen LogP contribution in [0.25, 0.3) is 22.0 Å². The third kappa shape index (κ3) is 3.93. The van der Waals surface area contributed by atoms with Gasteiger partial charge in [-0.3, -0.25) is 4.79 Å². The smallest absolute Gasteiger partial charge is 0.312 e. The molecule has 2 amide bonds. The predicted octanol–water partition coefficient (Wildman–Crippen LogP) is 4.61. The van der Waals surface area contributed by atoms with Gasteiger partial charge in [0.15, 0.2) is 0 Å². The zero-order valence-corrected chi connectivity index (χ0v) is 19.1. The van der Waals surface area contributed by atoms with Crippen molar-refractivity contribution in [3.63, 3.8) is 0 Å². The summed E-state index contributed by atoms with van der Waals surface area (Å²) in [6.07, 6.45) is 6.46. The molecule has 2 aromatic heterocycles. The molecule has 1 aromatic carbocycles. The molecule has 0 spiro atoms. The van der Waals surface area contributed by atoms with E-state index in [1.165, 1.54) is 0 Å². The third-order valence-electron chi connectivity index (χ3n) is 6.43. The minimum atomic E-state index is -0.548. The number of nitrogens with one attached hydrogen (secondary N) is 2. The molecule has 0 radical (unpaired) electrons. The molecule has 32 heavy (non-hydrogen) atoms. The Morgan fingerprint density at radius 2 is 1.94 bits per heavy atom. The Morgan fingerprint density at radius 1 is 1.19 bits per heavy atom. The molecule has 1 aliphatic rings. The Morgan fingerprint density at radius 3 is 2.59 bits per heavy atom.